The van der Waals surface area contributed by atoms with Gasteiger partial charge in [0.25, 0.3) is 0 Å². The summed E-state index contributed by atoms with van der Waals surface area (Å²) in [5, 5.41) is 0.830. The van der Waals surface area contributed by atoms with Crippen molar-refractivity contribution >= 4 is 11.6 Å². The lowest BCUT2D eigenvalue weighted by Crippen LogP contribution is -2.22. The van der Waals surface area contributed by atoms with Crippen molar-refractivity contribution in [1.29, 1.82) is 0 Å². The summed E-state index contributed by atoms with van der Waals surface area (Å²) in [6.45, 7) is 0.711. The monoisotopic (exact) mass is 210 g/mol. The van der Waals surface area contributed by atoms with E-state index in [4.69, 9.17) is 17.4 Å². The minimum absolute atomic E-state index is 0.711. The molecular formula is C11H15ClN2. The summed E-state index contributed by atoms with van der Waals surface area (Å²) in [7, 11) is 0. The molecule has 0 aromatic heterocycles. The molecule has 0 atom stereocenters. The summed E-state index contributed by atoms with van der Waals surface area (Å²) < 4.78 is 0. The van der Waals surface area contributed by atoms with E-state index in [0.717, 1.165) is 11.4 Å². The minimum atomic E-state index is 0.711. The molecule has 0 amide bonds. The lowest BCUT2D eigenvalue weighted by molar-refractivity contribution is 0.663. The topological polar surface area (TPSA) is 38.0 Å². The third-order valence-electron chi connectivity index (χ3n) is 2.81. The molecule has 0 radical (unpaired) electrons. The highest BCUT2D eigenvalue weighted by molar-refractivity contribution is 6.30. The van der Waals surface area contributed by atoms with E-state index < -0.39 is 0 Å². The number of hydrazine groups is 1. The highest BCUT2D eigenvalue weighted by Gasteiger charge is 2.13. The highest BCUT2D eigenvalue weighted by atomic mass is 35.5. The Labute approximate surface area is 89.4 Å². The van der Waals surface area contributed by atoms with Gasteiger partial charge >= 0.3 is 0 Å². The van der Waals surface area contributed by atoms with Crippen LogP contribution >= 0.6 is 11.6 Å². The molecule has 3 N–H and O–H groups in total. The molecule has 3 heteroatoms. The number of aryl methyl sites for hydroxylation is 1. The van der Waals surface area contributed by atoms with Crippen molar-refractivity contribution in [3.8, 4) is 0 Å². The van der Waals surface area contributed by atoms with Crippen LogP contribution in [0.5, 0.6) is 0 Å². The van der Waals surface area contributed by atoms with Crippen LogP contribution in [0.25, 0.3) is 0 Å². The standard InChI is InChI=1S/C11H15ClN2/c12-10-5-8-3-1-2-4-11(8)9(6-10)7-14-13/h5-6,14H,1-4,7,13H2. The Hall–Kier alpha value is -0.570. The van der Waals surface area contributed by atoms with Gasteiger partial charge in [-0.3, -0.25) is 11.3 Å². The number of halogens is 1. The van der Waals surface area contributed by atoms with E-state index in [1.165, 1.54) is 36.0 Å². The second kappa shape index (κ2) is 4.30. The van der Waals surface area contributed by atoms with Crippen LogP contribution in [-0.4, -0.2) is 0 Å². The van der Waals surface area contributed by atoms with Crippen LogP contribution < -0.4 is 11.3 Å². The zero-order valence-corrected chi connectivity index (χ0v) is 8.90. The fraction of sp³-hybridized carbons (Fsp3) is 0.455. The van der Waals surface area contributed by atoms with Crippen LogP contribution in [0.15, 0.2) is 12.1 Å². The van der Waals surface area contributed by atoms with Gasteiger partial charge in [-0.05, 0) is 54.5 Å². The average molecular weight is 211 g/mol. The molecule has 0 saturated heterocycles. The number of rotatable bonds is 2. The number of nitrogens with two attached hydrogens (primary N) is 1. The molecule has 0 unspecified atom stereocenters. The summed E-state index contributed by atoms with van der Waals surface area (Å²) in [5.74, 6) is 5.35. The number of nitrogens with one attached hydrogen (secondary N) is 1. The lowest BCUT2D eigenvalue weighted by atomic mass is 9.88. The Morgan fingerprint density at radius 1 is 1.29 bits per heavy atom. The van der Waals surface area contributed by atoms with Crippen LogP contribution in [0.2, 0.25) is 5.02 Å². The van der Waals surface area contributed by atoms with Crippen molar-refractivity contribution < 1.29 is 0 Å². The van der Waals surface area contributed by atoms with Gasteiger partial charge in [-0.15, -0.1) is 0 Å². The van der Waals surface area contributed by atoms with Crippen molar-refractivity contribution in [1.82, 2.24) is 5.43 Å². The largest absolute Gasteiger partial charge is 0.271 e. The van der Waals surface area contributed by atoms with Crippen LogP contribution in [0.1, 0.15) is 29.5 Å². The van der Waals surface area contributed by atoms with Gasteiger partial charge in [0, 0.05) is 11.6 Å². The van der Waals surface area contributed by atoms with E-state index in [0.29, 0.717) is 6.54 Å². The van der Waals surface area contributed by atoms with Crippen molar-refractivity contribution in [2.75, 3.05) is 0 Å². The maximum absolute atomic E-state index is 6.05. The van der Waals surface area contributed by atoms with Crippen LogP contribution in [0, 0.1) is 0 Å². The quantitative estimate of drug-likeness (QED) is 0.580. The molecule has 0 spiro atoms. The van der Waals surface area contributed by atoms with E-state index >= 15 is 0 Å². The summed E-state index contributed by atoms with van der Waals surface area (Å²) >= 11 is 6.05. The summed E-state index contributed by atoms with van der Waals surface area (Å²) in [5.41, 5.74) is 6.83. The van der Waals surface area contributed by atoms with Crippen molar-refractivity contribution in [3.63, 3.8) is 0 Å². The van der Waals surface area contributed by atoms with E-state index in [1.807, 2.05) is 6.07 Å². The molecule has 0 saturated carbocycles. The zero-order chi connectivity index (χ0) is 9.97. The van der Waals surface area contributed by atoms with Crippen LogP contribution in [-0.2, 0) is 19.4 Å². The predicted molar refractivity (Wildman–Crippen MR) is 59.1 cm³/mol. The number of benzene rings is 1. The molecule has 1 aliphatic rings. The van der Waals surface area contributed by atoms with Gasteiger partial charge < -0.3 is 0 Å². The molecule has 2 nitrogen and oxygen atoms in total. The molecule has 14 heavy (non-hydrogen) atoms. The molecule has 1 aromatic rings. The molecule has 1 aliphatic carbocycles. The summed E-state index contributed by atoms with van der Waals surface area (Å²) in [6.07, 6.45) is 4.89. The fourth-order valence-electron chi connectivity index (χ4n) is 2.18. The number of fused-ring (bicyclic) bond motifs is 1. The normalized spacial score (nSPS) is 15.3. The first-order valence-electron chi connectivity index (χ1n) is 5.05. The van der Waals surface area contributed by atoms with Crippen molar-refractivity contribution in [3.05, 3.63) is 33.8 Å². The summed E-state index contributed by atoms with van der Waals surface area (Å²) in [4.78, 5) is 0. The van der Waals surface area contributed by atoms with Gasteiger partial charge in [0.15, 0.2) is 0 Å². The van der Waals surface area contributed by atoms with Gasteiger partial charge in [0.1, 0.15) is 0 Å². The first-order chi connectivity index (χ1) is 6.81. The summed E-state index contributed by atoms with van der Waals surface area (Å²) in [6, 6.07) is 4.11. The molecule has 0 aliphatic heterocycles. The van der Waals surface area contributed by atoms with Gasteiger partial charge in [-0.25, -0.2) is 0 Å². The molecule has 0 fully saturated rings. The van der Waals surface area contributed by atoms with Gasteiger partial charge in [-0.2, -0.15) is 0 Å². The third-order valence-corrected chi connectivity index (χ3v) is 3.03. The van der Waals surface area contributed by atoms with Gasteiger partial charge in [-0.1, -0.05) is 11.6 Å². The maximum Gasteiger partial charge on any atom is 0.0412 e. The van der Waals surface area contributed by atoms with Crippen LogP contribution in [0.3, 0.4) is 0 Å². The molecule has 1 aromatic carbocycles. The smallest absolute Gasteiger partial charge is 0.0412 e. The highest BCUT2D eigenvalue weighted by Crippen LogP contribution is 2.27. The SMILES string of the molecule is NNCc1cc(Cl)cc2c1CCCC2. The minimum Gasteiger partial charge on any atom is -0.271 e. The van der Waals surface area contributed by atoms with E-state index in [-0.39, 0.29) is 0 Å². The van der Waals surface area contributed by atoms with Crippen LogP contribution in [0.4, 0.5) is 0 Å². The second-order valence-corrected chi connectivity index (χ2v) is 4.23. The fourth-order valence-corrected chi connectivity index (χ4v) is 2.45. The van der Waals surface area contributed by atoms with Crippen molar-refractivity contribution in [2.24, 2.45) is 5.84 Å². The Kier molecular flexibility index (Phi) is 3.06. The predicted octanol–water partition coefficient (Wildman–Crippen LogP) is 2.18. The first kappa shape index (κ1) is 9.97. The maximum atomic E-state index is 6.05. The Morgan fingerprint density at radius 3 is 2.86 bits per heavy atom. The second-order valence-electron chi connectivity index (χ2n) is 3.79. The van der Waals surface area contributed by atoms with E-state index in [1.54, 1.807) is 0 Å². The first-order valence-corrected chi connectivity index (χ1v) is 5.42. The molecule has 76 valence electrons. The lowest BCUT2D eigenvalue weighted by Gasteiger charge is -2.19. The zero-order valence-electron chi connectivity index (χ0n) is 8.15. The Morgan fingerprint density at radius 2 is 2.07 bits per heavy atom. The Balaban J connectivity index is 2.41. The molecule has 2 rings (SSSR count). The Bertz CT molecular complexity index is 336. The molecular weight excluding hydrogens is 196 g/mol. The number of hydrogen-bond acceptors (Lipinski definition) is 2. The van der Waals surface area contributed by atoms with E-state index in [2.05, 4.69) is 11.5 Å². The van der Waals surface area contributed by atoms with Gasteiger partial charge in [0.05, 0.1) is 0 Å². The van der Waals surface area contributed by atoms with E-state index in [9.17, 15) is 0 Å². The average Bonchev–Trinajstić information content (AvgIpc) is 2.18. The van der Waals surface area contributed by atoms with Gasteiger partial charge in [0.2, 0.25) is 0 Å². The molecule has 0 bridgehead atoms. The molecule has 0 heterocycles. The van der Waals surface area contributed by atoms with Crippen molar-refractivity contribution in [2.45, 2.75) is 32.2 Å². The third kappa shape index (κ3) is 1.92. The number of hydrogen-bond donors (Lipinski definition) is 2.